The third-order valence-electron chi connectivity index (χ3n) is 5.89. The number of piperidine rings is 1. The Labute approximate surface area is 193 Å². The van der Waals surface area contributed by atoms with Crippen molar-refractivity contribution in [1.29, 1.82) is 0 Å². The van der Waals surface area contributed by atoms with Crippen LogP contribution in [0.5, 0.6) is 0 Å². The molecule has 0 spiro atoms. The van der Waals surface area contributed by atoms with Crippen molar-refractivity contribution in [2.24, 2.45) is 5.92 Å². The largest absolute Gasteiger partial charge is 0.447 e. The highest BCUT2D eigenvalue weighted by Crippen LogP contribution is 2.27. The number of benzene rings is 2. The van der Waals surface area contributed by atoms with E-state index in [4.69, 9.17) is 4.74 Å². The van der Waals surface area contributed by atoms with Gasteiger partial charge in [0.05, 0.1) is 5.92 Å². The van der Waals surface area contributed by atoms with Gasteiger partial charge in [-0.15, -0.1) is 0 Å². The molecular formula is C26H28N4O3. The first-order valence-electron chi connectivity index (χ1n) is 11.2. The molecule has 1 unspecified atom stereocenters. The molecule has 1 aromatic heterocycles. The van der Waals surface area contributed by atoms with Crippen LogP contribution in [-0.4, -0.2) is 34.9 Å². The molecular weight excluding hydrogens is 416 g/mol. The van der Waals surface area contributed by atoms with Gasteiger partial charge in [-0.2, -0.15) is 0 Å². The topological polar surface area (TPSA) is 84.4 Å². The lowest BCUT2D eigenvalue weighted by atomic mass is 9.97. The molecule has 1 saturated heterocycles. The van der Waals surface area contributed by atoms with Crippen molar-refractivity contribution in [3.05, 3.63) is 83.7 Å². The van der Waals surface area contributed by atoms with Crippen LogP contribution in [0.3, 0.4) is 0 Å². The molecule has 2 aromatic carbocycles. The fraction of sp³-hybridized carbons (Fsp3) is 0.308. The van der Waals surface area contributed by atoms with Gasteiger partial charge in [-0.1, -0.05) is 42.5 Å². The molecule has 33 heavy (non-hydrogen) atoms. The second-order valence-corrected chi connectivity index (χ2v) is 8.35. The fourth-order valence-electron chi connectivity index (χ4n) is 3.95. The van der Waals surface area contributed by atoms with Crippen molar-refractivity contribution in [2.75, 3.05) is 23.3 Å². The Kier molecular flexibility index (Phi) is 6.98. The minimum absolute atomic E-state index is 0.273. The maximum Gasteiger partial charge on any atom is 0.310 e. The zero-order valence-electron chi connectivity index (χ0n) is 18.9. The SMILES string of the molecule is Cc1ccc(C)c(NC(=O)C(OC(=O)C2CCN(c3ncccn3)CC2)c2ccccc2)c1. The standard InChI is InChI=1S/C26H28N4O3/c1-18-9-10-19(2)22(17-18)29-24(31)23(20-7-4-3-5-8-20)33-25(32)21-11-15-30(16-12-21)26-27-13-6-14-28-26/h3-10,13-14,17,21,23H,11-12,15-16H2,1-2H3,(H,29,31). The van der Waals surface area contributed by atoms with Gasteiger partial charge in [0.1, 0.15) is 0 Å². The van der Waals surface area contributed by atoms with Crippen LogP contribution in [0.2, 0.25) is 0 Å². The number of aromatic nitrogens is 2. The number of nitrogens with zero attached hydrogens (tertiary/aromatic N) is 3. The van der Waals surface area contributed by atoms with Gasteiger partial charge in [-0.25, -0.2) is 9.97 Å². The Morgan fingerprint density at radius 1 is 1.00 bits per heavy atom. The molecule has 7 heteroatoms. The molecule has 2 heterocycles. The first-order valence-corrected chi connectivity index (χ1v) is 11.2. The molecule has 1 N–H and O–H groups in total. The summed E-state index contributed by atoms with van der Waals surface area (Å²) in [5, 5.41) is 2.95. The van der Waals surface area contributed by atoms with Crippen molar-refractivity contribution in [3.8, 4) is 0 Å². The summed E-state index contributed by atoms with van der Waals surface area (Å²) in [6.07, 6.45) is 3.65. The van der Waals surface area contributed by atoms with Crippen LogP contribution < -0.4 is 10.2 Å². The third-order valence-corrected chi connectivity index (χ3v) is 5.89. The molecule has 1 aliphatic rings. The van der Waals surface area contributed by atoms with E-state index in [1.807, 2.05) is 50.2 Å². The number of ether oxygens (including phenoxy) is 1. The summed E-state index contributed by atoms with van der Waals surface area (Å²) in [4.78, 5) is 36.9. The van der Waals surface area contributed by atoms with E-state index in [-0.39, 0.29) is 17.8 Å². The second kappa shape index (κ2) is 10.3. The highest BCUT2D eigenvalue weighted by molar-refractivity contribution is 5.96. The van der Waals surface area contributed by atoms with Crippen molar-refractivity contribution in [1.82, 2.24) is 9.97 Å². The minimum Gasteiger partial charge on any atom is -0.447 e. The molecule has 3 aromatic rings. The number of carbonyl (C=O) groups is 2. The summed E-state index contributed by atoms with van der Waals surface area (Å²) in [7, 11) is 0. The van der Waals surface area contributed by atoms with Crippen LogP contribution in [-0.2, 0) is 14.3 Å². The summed E-state index contributed by atoms with van der Waals surface area (Å²) >= 11 is 0. The van der Waals surface area contributed by atoms with Gasteiger partial charge in [-0.05, 0) is 49.9 Å². The lowest BCUT2D eigenvalue weighted by Gasteiger charge is -2.31. The van der Waals surface area contributed by atoms with Gasteiger partial charge >= 0.3 is 5.97 Å². The first kappa shape index (κ1) is 22.5. The lowest BCUT2D eigenvalue weighted by molar-refractivity contribution is -0.159. The zero-order chi connectivity index (χ0) is 23.2. The first-order chi connectivity index (χ1) is 16.0. The maximum atomic E-state index is 13.2. The molecule has 170 valence electrons. The number of aryl methyl sites for hydroxylation is 2. The Bertz CT molecular complexity index is 1100. The van der Waals surface area contributed by atoms with E-state index in [0.717, 1.165) is 11.1 Å². The normalized spacial score (nSPS) is 15.0. The van der Waals surface area contributed by atoms with Crippen LogP contribution in [0.25, 0.3) is 0 Å². The number of hydrogen-bond acceptors (Lipinski definition) is 6. The van der Waals surface area contributed by atoms with Crippen LogP contribution in [0.4, 0.5) is 11.6 Å². The van der Waals surface area contributed by atoms with Gasteiger partial charge in [-0.3, -0.25) is 9.59 Å². The summed E-state index contributed by atoms with van der Waals surface area (Å²) < 4.78 is 5.82. The molecule has 4 rings (SSSR count). The third kappa shape index (κ3) is 5.55. The fourth-order valence-corrected chi connectivity index (χ4v) is 3.95. The van der Waals surface area contributed by atoms with E-state index in [2.05, 4.69) is 20.2 Å². The quantitative estimate of drug-likeness (QED) is 0.573. The lowest BCUT2D eigenvalue weighted by Crippen LogP contribution is -2.38. The Balaban J connectivity index is 1.45. The molecule has 1 amide bonds. The molecule has 1 aliphatic heterocycles. The van der Waals surface area contributed by atoms with Crippen molar-refractivity contribution >= 4 is 23.5 Å². The highest BCUT2D eigenvalue weighted by Gasteiger charge is 2.32. The number of esters is 1. The highest BCUT2D eigenvalue weighted by atomic mass is 16.5. The van der Waals surface area contributed by atoms with Crippen molar-refractivity contribution in [3.63, 3.8) is 0 Å². The number of rotatable bonds is 6. The number of anilines is 2. The van der Waals surface area contributed by atoms with E-state index in [1.54, 1.807) is 30.6 Å². The summed E-state index contributed by atoms with van der Waals surface area (Å²) in [5.74, 6) is -0.323. The summed E-state index contributed by atoms with van der Waals surface area (Å²) in [5.41, 5.74) is 3.35. The molecule has 0 radical (unpaired) electrons. The van der Waals surface area contributed by atoms with Crippen molar-refractivity contribution < 1.29 is 14.3 Å². The molecule has 1 fully saturated rings. The summed E-state index contributed by atoms with van der Waals surface area (Å²) in [6, 6.07) is 16.8. The Hall–Kier alpha value is -3.74. The van der Waals surface area contributed by atoms with Crippen LogP contribution in [0.1, 0.15) is 35.6 Å². The van der Waals surface area contributed by atoms with E-state index < -0.39 is 6.10 Å². The van der Waals surface area contributed by atoms with Crippen LogP contribution in [0, 0.1) is 19.8 Å². The minimum atomic E-state index is -1.02. The van der Waals surface area contributed by atoms with Gasteiger partial charge in [0.25, 0.3) is 5.91 Å². The molecule has 0 saturated carbocycles. The summed E-state index contributed by atoms with van der Waals surface area (Å²) in [6.45, 7) is 5.22. The van der Waals surface area contributed by atoms with E-state index >= 15 is 0 Å². The number of nitrogens with one attached hydrogen (secondary N) is 1. The molecule has 7 nitrogen and oxygen atoms in total. The maximum absolute atomic E-state index is 13.2. The average Bonchev–Trinajstić information content (AvgIpc) is 2.85. The van der Waals surface area contributed by atoms with Gasteiger partial charge in [0, 0.05) is 36.7 Å². The number of carbonyl (C=O) groups excluding carboxylic acids is 2. The molecule has 0 bridgehead atoms. The Morgan fingerprint density at radius 3 is 2.39 bits per heavy atom. The predicted octanol–water partition coefficient (Wildman–Crippen LogP) is 4.23. The van der Waals surface area contributed by atoms with Crippen LogP contribution >= 0.6 is 0 Å². The van der Waals surface area contributed by atoms with E-state index in [9.17, 15) is 9.59 Å². The van der Waals surface area contributed by atoms with E-state index in [1.165, 1.54) is 0 Å². The van der Waals surface area contributed by atoms with Crippen molar-refractivity contribution in [2.45, 2.75) is 32.8 Å². The predicted molar refractivity (Wildman–Crippen MR) is 127 cm³/mol. The Morgan fingerprint density at radius 2 is 1.70 bits per heavy atom. The van der Waals surface area contributed by atoms with Gasteiger partial charge in [0.15, 0.2) is 0 Å². The monoisotopic (exact) mass is 444 g/mol. The number of hydrogen-bond donors (Lipinski definition) is 1. The average molecular weight is 445 g/mol. The second-order valence-electron chi connectivity index (χ2n) is 8.35. The van der Waals surface area contributed by atoms with Gasteiger partial charge < -0.3 is 15.0 Å². The molecule has 0 aliphatic carbocycles. The smallest absolute Gasteiger partial charge is 0.310 e. The zero-order valence-corrected chi connectivity index (χ0v) is 18.9. The van der Waals surface area contributed by atoms with Crippen LogP contribution in [0.15, 0.2) is 67.0 Å². The molecule has 1 atom stereocenters. The van der Waals surface area contributed by atoms with Gasteiger partial charge in [0.2, 0.25) is 12.1 Å². The van der Waals surface area contributed by atoms with E-state index in [0.29, 0.717) is 43.1 Å². The number of amides is 1.